The van der Waals surface area contributed by atoms with Gasteiger partial charge in [-0.15, -0.1) is 0 Å². The van der Waals surface area contributed by atoms with E-state index in [2.05, 4.69) is 0 Å². The third kappa shape index (κ3) is 3.51. The van der Waals surface area contributed by atoms with Crippen LogP contribution in [0, 0.1) is 5.82 Å². The topological polar surface area (TPSA) is 55.8 Å². The van der Waals surface area contributed by atoms with E-state index in [1.165, 1.54) is 6.07 Å². The van der Waals surface area contributed by atoms with Gasteiger partial charge in [0, 0.05) is 0 Å². The van der Waals surface area contributed by atoms with Crippen LogP contribution >= 0.6 is 0 Å². The minimum Gasteiger partial charge on any atom is -0.490 e. The number of hydrogen-bond acceptors (Lipinski definition) is 3. The predicted molar refractivity (Wildman–Crippen MR) is 75.3 cm³/mol. The molecule has 0 aliphatic heterocycles. The highest BCUT2D eigenvalue weighted by molar-refractivity contribution is 5.89. The van der Waals surface area contributed by atoms with Crippen LogP contribution in [0.4, 0.5) is 4.39 Å². The summed E-state index contributed by atoms with van der Waals surface area (Å²) in [6.45, 7) is 2.21. The van der Waals surface area contributed by atoms with Gasteiger partial charge >= 0.3 is 5.97 Å². The van der Waals surface area contributed by atoms with Crippen molar-refractivity contribution in [3.05, 3.63) is 59.4 Å². The van der Waals surface area contributed by atoms with Crippen molar-refractivity contribution in [3.63, 3.8) is 0 Å². The summed E-state index contributed by atoms with van der Waals surface area (Å²) >= 11 is 0. The van der Waals surface area contributed by atoms with Crippen molar-refractivity contribution < 1.29 is 23.8 Å². The zero-order chi connectivity index (χ0) is 15.2. The summed E-state index contributed by atoms with van der Waals surface area (Å²) in [6, 6.07) is 11.8. The minimum absolute atomic E-state index is 0.126. The molecule has 0 unspecified atom stereocenters. The first-order valence-corrected chi connectivity index (χ1v) is 6.48. The van der Waals surface area contributed by atoms with Crippen molar-refractivity contribution in [1.29, 1.82) is 0 Å². The Balaban J connectivity index is 2.30. The molecule has 0 bridgehead atoms. The molecule has 0 saturated carbocycles. The van der Waals surface area contributed by atoms with E-state index in [1.807, 2.05) is 30.3 Å². The molecule has 21 heavy (non-hydrogen) atoms. The third-order valence-electron chi connectivity index (χ3n) is 2.82. The van der Waals surface area contributed by atoms with Crippen LogP contribution in [0.2, 0.25) is 0 Å². The highest BCUT2D eigenvalue weighted by Crippen LogP contribution is 2.33. The van der Waals surface area contributed by atoms with Gasteiger partial charge in [-0.05, 0) is 24.6 Å². The van der Waals surface area contributed by atoms with Crippen molar-refractivity contribution in [2.24, 2.45) is 0 Å². The zero-order valence-corrected chi connectivity index (χ0v) is 11.5. The van der Waals surface area contributed by atoms with Gasteiger partial charge in [0.05, 0.1) is 12.2 Å². The van der Waals surface area contributed by atoms with E-state index in [0.717, 1.165) is 11.6 Å². The van der Waals surface area contributed by atoms with E-state index in [0.29, 0.717) is 6.61 Å². The molecule has 110 valence electrons. The van der Waals surface area contributed by atoms with Crippen molar-refractivity contribution in [2.75, 3.05) is 6.61 Å². The summed E-state index contributed by atoms with van der Waals surface area (Å²) in [7, 11) is 0. The van der Waals surface area contributed by atoms with E-state index < -0.39 is 17.3 Å². The molecular formula is C16H15FO4. The van der Waals surface area contributed by atoms with Crippen LogP contribution in [-0.2, 0) is 6.61 Å². The lowest BCUT2D eigenvalue weighted by Crippen LogP contribution is -2.07. The first-order valence-electron chi connectivity index (χ1n) is 6.48. The van der Waals surface area contributed by atoms with Gasteiger partial charge in [-0.3, -0.25) is 0 Å². The molecule has 0 amide bonds. The number of benzene rings is 2. The fourth-order valence-electron chi connectivity index (χ4n) is 1.84. The number of hydrogen-bond donors (Lipinski definition) is 1. The van der Waals surface area contributed by atoms with Gasteiger partial charge in [-0.25, -0.2) is 9.18 Å². The summed E-state index contributed by atoms with van der Waals surface area (Å²) in [6.07, 6.45) is 0. The predicted octanol–water partition coefficient (Wildman–Crippen LogP) is 3.50. The monoisotopic (exact) mass is 290 g/mol. The number of carbonyl (C=O) groups is 1. The van der Waals surface area contributed by atoms with Gasteiger partial charge in [0.25, 0.3) is 0 Å². The molecule has 0 aliphatic carbocycles. The lowest BCUT2D eigenvalue weighted by atomic mass is 10.2. The molecular weight excluding hydrogens is 275 g/mol. The number of aromatic carboxylic acids is 1. The Morgan fingerprint density at radius 2 is 1.86 bits per heavy atom. The zero-order valence-electron chi connectivity index (χ0n) is 11.5. The van der Waals surface area contributed by atoms with E-state index in [1.54, 1.807) is 6.92 Å². The normalized spacial score (nSPS) is 10.2. The molecule has 0 atom stereocenters. The Morgan fingerprint density at radius 3 is 2.48 bits per heavy atom. The molecule has 2 aromatic carbocycles. The van der Waals surface area contributed by atoms with Crippen LogP contribution < -0.4 is 9.47 Å². The van der Waals surface area contributed by atoms with Crippen LogP contribution in [0.1, 0.15) is 22.8 Å². The van der Waals surface area contributed by atoms with Crippen LogP contribution in [0.25, 0.3) is 0 Å². The smallest absolute Gasteiger partial charge is 0.338 e. The molecule has 0 heterocycles. The van der Waals surface area contributed by atoms with Gasteiger partial charge in [0.2, 0.25) is 0 Å². The first-order chi connectivity index (χ1) is 10.1. The van der Waals surface area contributed by atoms with Crippen LogP contribution in [0.5, 0.6) is 11.5 Å². The fraction of sp³-hybridized carbons (Fsp3) is 0.188. The van der Waals surface area contributed by atoms with Crippen molar-refractivity contribution in [2.45, 2.75) is 13.5 Å². The highest BCUT2D eigenvalue weighted by Gasteiger charge is 2.20. The summed E-state index contributed by atoms with van der Waals surface area (Å²) in [5.41, 5.74) is 0.404. The molecule has 0 saturated heterocycles. The maximum atomic E-state index is 14.2. The molecule has 4 nitrogen and oxygen atoms in total. The molecule has 2 rings (SSSR count). The van der Waals surface area contributed by atoms with Crippen LogP contribution in [0.15, 0.2) is 42.5 Å². The lowest BCUT2D eigenvalue weighted by molar-refractivity contribution is 0.0690. The maximum absolute atomic E-state index is 14.2. The van der Waals surface area contributed by atoms with Crippen molar-refractivity contribution in [3.8, 4) is 11.5 Å². The standard InChI is InChI=1S/C16H15FO4/c1-2-20-13-9-8-12(16(18)19)14(17)15(13)21-10-11-6-4-3-5-7-11/h3-9H,2,10H2,1H3,(H,18,19). The molecule has 2 aromatic rings. The van der Waals surface area contributed by atoms with E-state index in [4.69, 9.17) is 14.6 Å². The maximum Gasteiger partial charge on any atom is 0.338 e. The second-order valence-electron chi connectivity index (χ2n) is 4.27. The molecule has 0 aromatic heterocycles. The lowest BCUT2D eigenvalue weighted by Gasteiger charge is -2.14. The molecule has 5 heteroatoms. The second kappa shape index (κ2) is 6.74. The fourth-order valence-corrected chi connectivity index (χ4v) is 1.84. The van der Waals surface area contributed by atoms with E-state index >= 15 is 0 Å². The van der Waals surface area contributed by atoms with Gasteiger partial charge in [-0.2, -0.15) is 0 Å². The quantitative estimate of drug-likeness (QED) is 0.884. The Hall–Kier alpha value is -2.56. The molecule has 0 fully saturated rings. The van der Waals surface area contributed by atoms with Crippen LogP contribution in [0.3, 0.4) is 0 Å². The SMILES string of the molecule is CCOc1ccc(C(=O)O)c(F)c1OCc1ccccc1. The number of carboxylic acids is 1. The summed E-state index contributed by atoms with van der Waals surface area (Å²) in [5, 5.41) is 8.96. The van der Waals surface area contributed by atoms with Gasteiger partial charge < -0.3 is 14.6 Å². The number of rotatable bonds is 6. The number of ether oxygens (including phenoxy) is 2. The molecule has 1 N–H and O–H groups in total. The highest BCUT2D eigenvalue weighted by atomic mass is 19.1. The summed E-state index contributed by atoms with van der Waals surface area (Å²) < 4.78 is 24.9. The molecule has 0 aliphatic rings. The number of halogens is 1. The number of carboxylic acid groups (broad SMARTS) is 1. The van der Waals surface area contributed by atoms with E-state index in [-0.39, 0.29) is 18.1 Å². The van der Waals surface area contributed by atoms with Crippen LogP contribution in [-0.4, -0.2) is 17.7 Å². The Bertz CT molecular complexity index is 626. The summed E-state index contributed by atoms with van der Waals surface area (Å²) in [5.74, 6) is -2.26. The molecule has 0 spiro atoms. The summed E-state index contributed by atoms with van der Waals surface area (Å²) in [4.78, 5) is 11.0. The average Bonchev–Trinajstić information content (AvgIpc) is 2.48. The van der Waals surface area contributed by atoms with Crippen molar-refractivity contribution >= 4 is 5.97 Å². The van der Waals surface area contributed by atoms with Gasteiger partial charge in [0.1, 0.15) is 6.61 Å². The third-order valence-corrected chi connectivity index (χ3v) is 2.82. The second-order valence-corrected chi connectivity index (χ2v) is 4.27. The van der Waals surface area contributed by atoms with Crippen molar-refractivity contribution in [1.82, 2.24) is 0 Å². The Morgan fingerprint density at radius 1 is 1.14 bits per heavy atom. The van der Waals surface area contributed by atoms with Gasteiger partial charge in [-0.1, -0.05) is 30.3 Å². The largest absolute Gasteiger partial charge is 0.490 e. The Labute approximate surface area is 121 Å². The molecule has 0 radical (unpaired) electrons. The van der Waals surface area contributed by atoms with E-state index in [9.17, 15) is 9.18 Å². The first kappa shape index (κ1) is 14.8. The Kier molecular flexibility index (Phi) is 4.77. The van der Waals surface area contributed by atoms with Gasteiger partial charge in [0.15, 0.2) is 17.3 Å². The minimum atomic E-state index is -1.35. The average molecular weight is 290 g/mol.